The van der Waals surface area contributed by atoms with E-state index in [1.807, 2.05) is 0 Å². The molecule has 2 amide bonds. The predicted molar refractivity (Wildman–Crippen MR) is 98.1 cm³/mol. The lowest BCUT2D eigenvalue weighted by molar-refractivity contribution is 0.0667. The summed E-state index contributed by atoms with van der Waals surface area (Å²) in [4.78, 5) is 26.2. The van der Waals surface area contributed by atoms with Gasteiger partial charge in [-0.3, -0.25) is 14.5 Å². The van der Waals surface area contributed by atoms with Crippen LogP contribution in [0.4, 0.5) is 0 Å². The van der Waals surface area contributed by atoms with Gasteiger partial charge in [-0.2, -0.15) is 0 Å². The second-order valence-corrected chi connectivity index (χ2v) is 6.55. The third kappa shape index (κ3) is 3.84. The third-order valence-corrected chi connectivity index (χ3v) is 4.50. The van der Waals surface area contributed by atoms with Crippen molar-refractivity contribution in [3.8, 4) is 0 Å². The third-order valence-electron chi connectivity index (χ3n) is 4.50. The number of benzene rings is 1. The second-order valence-electron chi connectivity index (χ2n) is 6.55. The molecule has 0 atom stereocenters. The number of imide groups is 1. The van der Waals surface area contributed by atoms with Gasteiger partial charge < -0.3 is 0 Å². The first kappa shape index (κ1) is 18.2. The number of hydrogen-bond donors (Lipinski definition) is 0. The zero-order chi connectivity index (χ0) is 17.7. The fourth-order valence-corrected chi connectivity index (χ4v) is 3.27. The summed E-state index contributed by atoms with van der Waals surface area (Å²) >= 11 is 0. The molecular formula is C21H27NO2. The predicted octanol–water partition coefficient (Wildman–Crippen LogP) is 5.15. The quantitative estimate of drug-likeness (QED) is 0.490. The molecule has 0 N–H and O–H groups in total. The minimum absolute atomic E-state index is 0.206. The van der Waals surface area contributed by atoms with Crippen LogP contribution in [0, 0.1) is 0 Å². The molecule has 3 nitrogen and oxygen atoms in total. The summed E-state index contributed by atoms with van der Waals surface area (Å²) in [6.45, 7) is 11.0. The molecule has 0 aromatic heterocycles. The molecule has 128 valence electrons. The highest BCUT2D eigenvalue weighted by atomic mass is 16.2. The molecule has 0 bridgehead atoms. The van der Waals surface area contributed by atoms with E-state index in [1.165, 1.54) is 16.0 Å². The first-order valence-electron chi connectivity index (χ1n) is 8.78. The van der Waals surface area contributed by atoms with Crippen molar-refractivity contribution in [2.75, 3.05) is 6.54 Å². The summed E-state index contributed by atoms with van der Waals surface area (Å²) in [5.41, 5.74) is 4.75. The molecule has 1 aliphatic rings. The maximum atomic E-state index is 12.4. The maximum absolute atomic E-state index is 12.4. The molecule has 0 saturated carbocycles. The molecule has 1 heterocycles. The smallest absolute Gasteiger partial charge is 0.261 e. The standard InChI is InChI=1S/C21H27NO2/c1-5-9-16(4)17(10-6-2)13-15(3)14-22-20(23)18-11-7-8-12-19(18)21(22)24/h7-8,11-12H,3,5-6,9-10,13-14H2,1-2,4H3/b17-16+. The van der Waals surface area contributed by atoms with E-state index in [-0.39, 0.29) is 11.8 Å². The number of allylic oxidation sites excluding steroid dienone is 2. The summed E-state index contributed by atoms with van der Waals surface area (Å²) in [7, 11) is 0. The average Bonchev–Trinajstić information content (AvgIpc) is 2.80. The zero-order valence-electron chi connectivity index (χ0n) is 15.0. The molecule has 0 saturated heterocycles. The van der Waals surface area contributed by atoms with E-state index < -0.39 is 0 Å². The molecule has 0 fully saturated rings. The fraction of sp³-hybridized carbons (Fsp3) is 0.429. The zero-order valence-corrected chi connectivity index (χ0v) is 15.0. The lowest BCUT2D eigenvalue weighted by Crippen LogP contribution is -2.31. The van der Waals surface area contributed by atoms with Crippen molar-refractivity contribution in [1.29, 1.82) is 0 Å². The highest BCUT2D eigenvalue weighted by molar-refractivity contribution is 6.21. The summed E-state index contributed by atoms with van der Waals surface area (Å²) in [5.74, 6) is -0.411. The van der Waals surface area contributed by atoms with Crippen LogP contribution in [0.5, 0.6) is 0 Å². The van der Waals surface area contributed by atoms with Crippen LogP contribution < -0.4 is 0 Å². The highest BCUT2D eigenvalue weighted by Crippen LogP contribution is 2.26. The van der Waals surface area contributed by atoms with Crippen LogP contribution in [0.1, 0.15) is 73.6 Å². The lowest BCUT2D eigenvalue weighted by atomic mass is 9.95. The number of rotatable bonds is 8. The lowest BCUT2D eigenvalue weighted by Gasteiger charge is -2.18. The minimum atomic E-state index is -0.206. The number of nitrogens with zero attached hydrogens (tertiary/aromatic N) is 1. The number of fused-ring (bicyclic) bond motifs is 1. The normalized spacial score (nSPS) is 14.7. The van der Waals surface area contributed by atoms with Crippen molar-refractivity contribution >= 4 is 11.8 Å². The maximum Gasteiger partial charge on any atom is 0.261 e. The van der Waals surface area contributed by atoms with Gasteiger partial charge in [0.25, 0.3) is 11.8 Å². The average molecular weight is 325 g/mol. The fourth-order valence-electron chi connectivity index (χ4n) is 3.27. The highest BCUT2D eigenvalue weighted by Gasteiger charge is 2.35. The van der Waals surface area contributed by atoms with Gasteiger partial charge in [-0.1, -0.05) is 62.1 Å². The molecule has 2 rings (SSSR count). The van der Waals surface area contributed by atoms with Crippen LogP contribution in [0.3, 0.4) is 0 Å². The first-order valence-corrected chi connectivity index (χ1v) is 8.78. The summed E-state index contributed by atoms with van der Waals surface area (Å²) in [5, 5.41) is 0. The molecule has 24 heavy (non-hydrogen) atoms. The number of amides is 2. The number of carbonyl (C=O) groups is 2. The van der Waals surface area contributed by atoms with E-state index in [2.05, 4.69) is 27.4 Å². The SMILES string of the molecule is C=C(C/C(CCC)=C(\C)CCC)CN1C(=O)c2ccccc2C1=O. The van der Waals surface area contributed by atoms with Crippen LogP contribution in [0.25, 0.3) is 0 Å². The molecule has 1 aliphatic heterocycles. The van der Waals surface area contributed by atoms with Gasteiger partial charge in [0.15, 0.2) is 0 Å². The van der Waals surface area contributed by atoms with Crippen LogP contribution in [0.2, 0.25) is 0 Å². The van der Waals surface area contributed by atoms with E-state index in [4.69, 9.17) is 0 Å². The Morgan fingerprint density at radius 1 is 1.00 bits per heavy atom. The van der Waals surface area contributed by atoms with Crippen LogP contribution in [-0.4, -0.2) is 23.3 Å². The summed E-state index contributed by atoms with van der Waals surface area (Å²) in [6.07, 6.45) is 5.14. The van der Waals surface area contributed by atoms with E-state index in [9.17, 15) is 9.59 Å². The molecule has 0 spiro atoms. The topological polar surface area (TPSA) is 37.4 Å². The molecule has 0 aliphatic carbocycles. The van der Waals surface area contributed by atoms with Crippen molar-refractivity contribution in [1.82, 2.24) is 4.90 Å². The van der Waals surface area contributed by atoms with Gasteiger partial charge in [-0.25, -0.2) is 0 Å². The Morgan fingerprint density at radius 3 is 2.04 bits per heavy atom. The van der Waals surface area contributed by atoms with E-state index in [0.717, 1.165) is 37.7 Å². The molecule has 0 radical (unpaired) electrons. The van der Waals surface area contributed by atoms with Gasteiger partial charge in [0.1, 0.15) is 0 Å². The van der Waals surface area contributed by atoms with Crippen molar-refractivity contribution < 1.29 is 9.59 Å². The van der Waals surface area contributed by atoms with Crippen molar-refractivity contribution in [2.24, 2.45) is 0 Å². The molecule has 3 heteroatoms. The van der Waals surface area contributed by atoms with E-state index in [0.29, 0.717) is 17.7 Å². The van der Waals surface area contributed by atoms with Gasteiger partial charge in [0, 0.05) is 0 Å². The number of hydrogen-bond acceptors (Lipinski definition) is 2. The molecular weight excluding hydrogens is 298 g/mol. The van der Waals surface area contributed by atoms with Gasteiger partial charge in [0.05, 0.1) is 17.7 Å². The van der Waals surface area contributed by atoms with Gasteiger partial charge in [0.2, 0.25) is 0 Å². The van der Waals surface area contributed by atoms with Crippen LogP contribution in [0.15, 0.2) is 47.6 Å². The van der Waals surface area contributed by atoms with Crippen molar-refractivity contribution in [2.45, 2.75) is 52.9 Å². The Morgan fingerprint density at radius 2 is 1.54 bits per heavy atom. The largest absolute Gasteiger partial charge is 0.270 e. The van der Waals surface area contributed by atoms with Crippen LogP contribution in [-0.2, 0) is 0 Å². The Hall–Kier alpha value is -2.16. The Labute approximate surface area is 145 Å². The molecule has 1 aromatic rings. The monoisotopic (exact) mass is 325 g/mol. The molecule has 1 aromatic carbocycles. The summed E-state index contributed by atoms with van der Waals surface area (Å²) in [6, 6.07) is 7.01. The Balaban J connectivity index is 2.09. The van der Waals surface area contributed by atoms with Gasteiger partial charge in [-0.15, -0.1) is 0 Å². The Bertz CT molecular complexity index is 650. The summed E-state index contributed by atoms with van der Waals surface area (Å²) < 4.78 is 0. The first-order chi connectivity index (χ1) is 11.5. The second kappa shape index (κ2) is 8.09. The van der Waals surface area contributed by atoms with E-state index >= 15 is 0 Å². The van der Waals surface area contributed by atoms with Crippen LogP contribution >= 0.6 is 0 Å². The van der Waals surface area contributed by atoms with Gasteiger partial charge >= 0.3 is 0 Å². The Kier molecular flexibility index (Phi) is 6.13. The van der Waals surface area contributed by atoms with Crippen molar-refractivity contribution in [3.05, 3.63) is 58.7 Å². The van der Waals surface area contributed by atoms with Crippen molar-refractivity contribution in [3.63, 3.8) is 0 Å². The van der Waals surface area contributed by atoms with E-state index in [1.54, 1.807) is 24.3 Å². The minimum Gasteiger partial charge on any atom is -0.270 e. The number of carbonyl (C=O) groups excluding carboxylic acids is 2. The molecule has 0 unspecified atom stereocenters. The van der Waals surface area contributed by atoms with Gasteiger partial charge in [-0.05, 0) is 38.3 Å².